The predicted molar refractivity (Wildman–Crippen MR) is 80.1 cm³/mol. The highest BCUT2D eigenvalue weighted by atomic mass is 16.5. The van der Waals surface area contributed by atoms with Crippen molar-refractivity contribution in [3.05, 3.63) is 0 Å². The van der Waals surface area contributed by atoms with Gasteiger partial charge in [-0.05, 0) is 34.1 Å². The van der Waals surface area contributed by atoms with Gasteiger partial charge < -0.3 is 10.1 Å². The average Bonchev–Trinajstić information content (AvgIpc) is 2.26. The minimum atomic E-state index is 0.341. The molecule has 3 heteroatoms. The zero-order chi connectivity index (χ0) is 14.1. The van der Waals surface area contributed by atoms with E-state index >= 15 is 0 Å². The highest BCUT2D eigenvalue weighted by molar-refractivity contribution is 4.68. The van der Waals surface area contributed by atoms with Crippen LogP contribution in [0.25, 0.3) is 0 Å². The van der Waals surface area contributed by atoms with Crippen molar-refractivity contribution < 1.29 is 4.74 Å². The van der Waals surface area contributed by atoms with Crippen LogP contribution in [0.4, 0.5) is 0 Å². The first kappa shape index (κ1) is 17.9. The minimum Gasteiger partial charge on any atom is -0.376 e. The fraction of sp³-hybridized carbons (Fsp3) is 1.00. The van der Waals surface area contributed by atoms with Crippen LogP contribution in [0.1, 0.15) is 54.9 Å². The maximum atomic E-state index is 5.97. The summed E-state index contributed by atoms with van der Waals surface area (Å²) in [5, 5.41) is 3.44. The summed E-state index contributed by atoms with van der Waals surface area (Å²) in [5.74, 6) is 0. The van der Waals surface area contributed by atoms with Gasteiger partial charge in [-0.2, -0.15) is 0 Å². The molecule has 0 aliphatic rings. The number of hydrogen-bond donors (Lipinski definition) is 1. The molecule has 0 saturated carbocycles. The average molecular weight is 258 g/mol. The maximum Gasteiger partial charge on any atom is 0.0697 e. The second-order valence-electron chi connectivity index (χ2n) is 5.89. The third-order valence-corrected chi connectivity index (χ3v) is 3.24. The van der Waals surface area contributed by atoms with Gasteiger partial charge in [0.05, 0.1) is 12.7 Å². The Balaban J connectivity index is 3.90. The molecule has 18 heavy (non-hydrogen) atoms. The molecule has 0 spiro atoms. The van der Waals surface area contributed by atoms with Gasteiger partial charge in [0.15, 0.2) is 0 Å². The minimum absolute atomic E-state index is 0.341. The van der Waals surface area contributed by atoms with Crippen LogP contribution >= 0.6 is 0 Å². The van der Waals surface area contributed by atoms with Gasteiger partial charge in [0.25, 0.3) is 0 Å². The van der Waals surface area contributed by atoms with Crippen LogP contribution in [-0.4, -0.2) is 48.8 Å². The van der Waals surface area contributed by atoms with Crippen LogP contribution < -0.4 is 5.32 Å². The molecular formula is C15H34N2O. The van der Waals surface area contributed by atoms with E-state index in [1.54, 1.807) is 0 Å². The van der Waals surface area contributed by atoms with E-state index in [4.69, 9.17) is 4.74 Å². The lowest BCUT2D eigenvalue weighted by atomic mass is 10.2. The third kappa shape index (κ3) is 8.06. The number of ether oxygens (including phenoxy) is 1. The van der Waals surface area contributed by atoms with Crippen molar-refractivity contribution in [2.24, 2.45) is 0 Å². The monoisotopic (exact) mass is 258 g/mol. The van der Waals surface area contributed by atoms with E-state index in [9.17, 15) is 0 Å². The summed E-state index contributed by atoms with van der Waals surface area (Å²) in [5.41, 5.74) is 0. The van der Waals surface area contributed by atoms with Crippen LogP contribution in [0.15, 0.2) is 0 Å². The van der Waals surface area contributed by atoms with Gasteiger partial charge in [0.1, 0.15) is 0 Å². The van der Waals surface area contributed by atoms with Crippen LogP contribution in [-0.2, 0) is 4.74 Å². The molecule has 0 aromatic heterocycles. The summed E-state index contributed by atoms with van der Waals surface area (Å²) in [6, 6.07) is 1.70. The topological polar surface area (TPSA) is 24.5 Å². The van der Waals surface area contributed by atoms with E-state index in [-0.39, 0.29) is 0 Å². The van der Waals surface area contributed by atoms with E-state index in [1.165, 1.54) is 0 Å². The lowest BCUT2D eigenvalue weighted by Crippen LogP contribution is -2.40. The van der Waals surface area contributed by atoms with Crippen LogP contribution in [0, 0.1) is 0 Å². The van der Waals surface area contributed by atoms with Gasteiger partial charge in [-0.1, -0.05) is 20.8 Å². The molecule has 1 unspecified atom stereocenters. The normalized spacial score (nSPS) is 14.2. The molecule has 0 aromatic carbocycles. The van der Waals surface area contributed by atoms with Gasteiger partial charge in [0.2, 0.25) is 0 Å². The molecule has 110 valence electrons. The predicted octanol–water partition coefficient (Wildman–Crippen LogP) is 2.90. The fourth-order valence-corrected chi connectivity index (χ4v) is 2.13. The Morgan fingerprint density at radius 1 is 1.00 bits per heavy atom. The number of rotatable bonds is 10. The molecule has 0 aliphatic heterocycles. The Kier molecular flexibility index (Phi) is 9.70. The fourth-order valence-electron chi connectivity index (χ4n) is 2.13. The van der Waals surface area contributed by atoms with Crippen LogP contribution in [0.5, 0.6) is 0 Å². The Bertz CT molecular complexity index is 185. The maximum absolute atomic E-state index is 5.97. The molecule has 3 nitrogen and oxygen atoms in total. The van der Waals surface area contributed by atoms with Gasteiger partial charge in [-0.25, -0.2) is 0 Å². The molecule has 0 amide bonds. The lowest BCUT2D eigenvalue weighted by Gasteiger charge is -2.31. The molecule has 0 aromatic rings. The van der Waals surface area contributed by atoms with E-state index in [0.29, 0.717) is 24.2 Å². The summed E-state index contributed by atoms with van der Waals surface area (Å²) in [6.45, 7) is 18.3. The molecule has 0 aliphatic carbocycles. The number of nitrogens with zero attached hydrogens (tertiary/aromatic N) is 1. The molecule has 1 atom stereocenters. The highest BCUT2D eigenvalue weighted by Crippen LogP contribution is 2.05. The van der Waals surface area contributed by atoms with Gasteiger partial charge in [0, 0.05) is 31.2 Å². The number of nitrogens with one attached hydrogen (secondary N) is 1. The molecule has 0 bridgehead atoms. The van der Waals surface area contributed by atoms with Gasteiger partial charge in [-0.3, -0.25) is 4.90 Å². The van der Waals surface area contributed by atoms with Crippen molar-refractivity contribution in [2.75, 3.05) is 19.7 Å². The molecule has 0 saturated heterocycles. The lowest BCUT2D eigenvalue weighted by molar-refractivity contribution is 0.0231. The Morgan fingerprint density at radius 3 is 1.94 bits per heavy atom. The standard InChI is InChI=1S/C15H34N2O/c1-8-15(11-16-12(2)3)18-10-9-17(13(4)5)14(6)7/h12-16H,8-11H2,1-7H3. The first-order valence-electron chi connectivity index (χ1n) is 7.49. The second-order valence-corrected chi connectivity index (χ2v) is 5.89. The van der Waals surface area contributed by atoms with Crippen LogP contribution in [0.3, 0.4) is 0 Å². The molecule has 0 heterocycles. The first-order chi connectivity index (χ1) is 8.38. The molecule has 0 rings (SSSR count). The molecule has 0 fully saturated rings. The van der Waals surface area contributed by atoms with E-state index in [0.717, 1.165) is 26.1 Å². The zero-order valence-corrected chi connectivity index (χ0v) is 13.5. The van der Waals surface area contributed by atoms with Crippen molar-refractivity contribution in [3.63, 3.8) is 0 Å². The zero-order valence-electron chi connectivity index (χ0n) is 13.5. The Morgan fingerprint density at radius 2 is 1.56 bits per heavy atom. The van der Waals surface area contributed by atoms with Crippen molar-refractivity contribution in [3.8, 4) is 0 Å². The van der Waals surface area contributed by atoms with Crippen molar-refractivity contribution in [1.82, 2.24) is 10.2 Å². The van der Waals surface area contributed by atoms with Gasteiger partial charge in [-0.15, -0.1) is 0 Å². The summed E-state index contributed by atoms with van der Waals surface area (Å²) in [4.78, 5) is 2.47. The molecular weight excluding hydrogens is 224 g/mol. The molecule has 0 radical (unpaired) electrons. The highest BCUT2D eigenvalue weighted by Gasteiger charge is 2.14. The van der Waals surface area contributed by atoms with E-state index < -0.39 is 0 Å². The van der Waals surface area contributed by atoms with E-state index in [1.807, 2.05) is 0 Å². The SMILES string of the molecule is CCC(CNC(C)C)OCCN(C(C)C)C(C)C. The van der Waals surface area contributed by atoms with E-state index in [2.05, 4.69) is 58.7 Å². The Hall–Kier alpha value is -0.120. The van der Waals surface area contributed by atoms with Crippen molar-refractivity contribution in [2.45, 2.75) is 79.1 Å². The summed E-state index contributed by atoms with van der Waals surface area (Å²) < 4.78 is 5.97. The smallest absolute Gasteiger partial charge is 0.0697 e. The summed E-state index contributed by atoms with van der Waals surface area (Å²) in [6.07, 6.45) is 1.41. The largest absolute Gasteiger partial charge is 0.376 e. The quantitative estimate of drug-likeness (QED) is 0.652. The molecule has 1 N–H and O–H groups in total. The first-order valence-corrected chi connectivity index (χ1v) is 7.49. The van der Waals surface area contributed by atoms with Crippen LogP contribution in [0.2, 0.25) is 0 Å². The van der Waals surface area contributed by atoms with Crippen molar-refractivity contribution in [1.29, 1.82) is 0 Å². The Labute approximate surface area is 114 Å². The number of hydrogen-bond acceptors (Lipinski definition) is 3. The summed E-state index contributed by atoms with van der Waals surface area (Å²) in [7, 11) is 0. The second kappa shape index (κ2) is 9.76. The van der Waals surface area contributed by atoms with Crippen molar-refractivity contribution >= 4 is 0 Å². The van der Waals surface area contributed by atoms with Gasteiger partial charge >= 0.3 is 0 Å². The summed E-state index contributed by atoms with van der Waals surface area (Å²) >= 11 is 0. The third-order valence-electron chi connectivity index (χ3n) is 3.24.